The van der Waals surface area contributed by atoms with Crippen LogP contribution < -0.4 is 15.0 Å². The Kier molecular flexibility index (Phi) is 4.84. The summed E-state index contributed by atoms with van der Waals surface area (Å²) in [4.78, 5) is 38.2. The van der Waals surface area contributed by atoms with E-state index in [1.54, 1.807) is 36.4 Å². The van der Waals surface area contributed by atoms with Crippen molar-refractivity contribution in [2.45, 2.75) is 13.3 Å². The van der Waals surface area contributed by atoms with Crippen LogP contribution in [0.1, 0.15) is 18.1 Å². The fraction of sp³-hybridized carbons (Fsp3) is 0.150. The molecule has 1 heterocycles. The number of para-hydroxylation sites is 1. The molecule has 2 aromatic rings. The molecule has 0 bridgehead atoms. The number of methoxy groups -OCH3 is 1. The first kappa shape index (κ1) is 17.4. The lowest BCUT2D eigenvalue weighted by Crippen LogP contribution is -2.54. The monoisotopic (exact) mass is 350 g/mol. The molecule has 6 heteroatoms. The lowest BCUT2D eigenvalue weighted by Gasteiger charge is -2.26. The summed E-state index contributed by atoms with van der Waals surface area (Å²) in [6, 6.07) is 13.3. The van der Waals surface area contributed by atoms with Gasteiger partial charge in [-0.1, -0.05) is 37.3 Å². The highest BCUT2D eigenvalue weighted by Crippen LogP contribution is 2.25. The Morgan fingerprint density at radius 2 is 1.73 bits per heavy atom. The lowest BCUT2D eigenvalue weighted by molar-refractivity contribution is -0.122. The molecule has 4 amide bonds. The van der Waals surface area contributed by atoms with Gasteiger partial charge in [-0.05, 0) is 36.3 Å². The molecule has 0 aromatic heterocycles. The van der Waals surface area contributed by atoms with Gasteiger partial charge in [0.2, 0.25) is 0 Å². The Morgan fingerprint density at radius 1 is 1.04 bits per heavy atom. The average molecular weight is 350 g/mol. The molecule has 0 spiro atoms. The minimum absolute atomic E-state index is 0.131. The van der Waals surface area contributed by atoms with Gasteiger partial charge in [-0.15, -0.1) is 0 Å². The maximum atomic E-state index is 12.8. The topological polar surface area (TPSA) is 75.7 Å². The fourth-order valence-corrected chi connectivity index (χ4v) is 2.71. The van der Waals surface area contributed by atoms with E-state index in [0.717, 1.165) is 16.9 Å². The number of benzene rings is 2. The van der Waals surface area contributed by atoms with E-state index in [4.69, 9.17) is 4.74 Å². The van der Waals surface area contributed by atoms with Gasteiger partial charge >= 0.3 is 6.03 Å². The first-order chi connectivity index (χ1) is 12.5. The van der Waals surface area contributed by atoms with E-state index >= 15 is 0 Å². The van der Waals surface area contributed by atoms with Gasteiger partial charge in [-0.3, -0.25) is 14.9 Å². The van der Waals surface area contributed by atoms with Gasteiger partial charge in [-0.2, -0.15) is 0 Å². The zero-order chi connectivity index (χ0) is 18.7. The van der Waals surface area contributed by atoms with Crippen molar-refractivity contribution in [2.24, 2.45) is 0 Å². The van der Waals surface area contributed by atoms with Gasteiger partial charge in [0, 0.05) is 5.56 Å². The number of urea groups is 1. The van der Waals surface area contributed by atoms with E-state index in [1.807, 2.05) is 19.1 Å². The second-order valence-corrected chi connectivity index (χ2v) is 5.72. The van der Waals surface area contributed by atoms with Crippen molar-refractivity contribution >= 4 is 29.6 Å². The number of rotatable bonds is 4. The van der Waals surface area contributed by atoms with Crippen LogP contribution in [-0.4, -0.2) is 25.0 Å². The van der Waals surface area contributed by atoms with Crippen LogP contribution in [0.3, 0.4) is 0 Å². The van der Waals surface area contributed by atoms with Crippen molar-refractivity contribution in [2.75, 3.05) is 12.0 Å². The molecule has 1 saturated heterocycles. The van der Waals surface area contributed by atoms with Crippen LogP contribution in [0.2, 0.25) is 0 Å². The number of barbiturate groups is 1. The van der Waals surface area contributed by atoms with Crippen LogP contribution in [0.5, 0.6) is 5.75 Å². The van der Waals surface area contributed by atoms with Gasteiger partial charge in [0.25, 0.3) is 11.8 Å². The standard InChI is InChI=1S/C20H18N2O4/c1-3-13-8-10-15(11-9-13)22-19(24)16(18(23)21-20(22)25)12-14-6-4-5-7-17(14)26-2/h4-12H,3H2,1-2H3,(H,21,23,25)/b16-12-. The highest BCUT2D eigenvalue weighted by atomic mass is 16.5. The molecule has 1 N–H and O–H groups in total. The largest absolute Gasteiger partial charge is 0.496 e. The van der Waals surface area contributed by atoms with E-state index in [0.29, 0.717) is 17.0 Å². The Balaban J connectivity index is 2.01. The molecule has 1 aliphatic heterocycles. The van der Waals surface area contributed by atoms with Crippen molar-refractivity contribution < 1.29 is 19.1 Å². The number of anilines is 1. The zero-order valence-electron chi connectivity index (χ0n) is 14.5. The summed E-state index contributed by atoms with van der Waals surface area (Å²) in [6.45, 7) is 2.01. The van der Waals surface area contributed by atoms with Crippen LogP contribution in [0.15, 0.2) is 54.1 Å². The number of hydrogen-bond donors (Lipinski definition) is 1. The van der Waals surface area contributed by atoms with Crippen molar-refractivity contribution in [3.8, 4) is 5.75 Å². The number of nitrogens with zero attached hydrogens (tertiary/aromatic N) is 1. The van der Waals surface area contributed by atoms with Crippen LogP contribution in [0.4, 0.5) is 10.5 Å². The molecule has 0 saturated carbocycles. The molecule has 0 radical (unpaired) electrons. The van der Waals surface area contributed by atoms with Crippen molar-refractivity contribution in [3.63, 3.8) is 0 Å². The summed E-state index contributed by atoms with van der Waals surface area (Å²) in [5, 5.41) is 2.21. The minimum atomic E-state index is -0.763. The Bertz CT molecular complexity index is 900. The van der Waals surface area contributed by atoms with E-state index in [2.05, 4.69) is 5.32 Å². The maximum absolute atomic E-state index is 12.8. The number of ether oxygens (including phenoxy) is 1. The van der Waals surface area contributed by atoms with Crippen molar-refractivity contribution in [1.82, 2.24) is 5.32 Å². The Labute approximate surface area is 151 Å². The van der Waals surface area contributed by atoms with E-state index in [-0.39, 0.29) is 5.57 Å². The number of aryl methyl sites for hydroxylation is 1. The summed E-state index contributed by atoms with van der Waals surface area (Å²) in [5.74, 6) is -0.877. The first-order valence-corrected chi connectivity index (χ1v) is 8.18. The summed E-state index contributed by atoms with van der Waals surface area (Å²) < 4.78 is 5.25. The summed E-state index contributed by atoms with van der Waals surface area (Å²) in [6.07, 6.45) is 2.27. The van der Waals surface area contributed by atoms with Crippen molar-refractivity contribution in [1.29, 1.82) is 0 Å². The average Bonchev–Trinajstić information content (AvgIpc) is 2.66. The smallest absolute Gasteiger partial charge is 0.335 e. The van der Waals surface area contributed by atoms with Crippen LogP contribution >= 0.6 is 0 Å². The zero-order valence-corrected chi connectivity index (χ0v) is 14.5. The SMILES string of the molecule is CCc1ccc(N2C(=O)NC(=O)/C(=C/c3ccccc3OC)C2=O)cc1. The quantitative estimate of drug-likeness (QED) is 0.679. The summed E-state index contributed by atoms with van der Waals surface area (Å²) in [7, 11) is 1.51. The molecule has 26 heavy (non-hydrogen) atoms. The Hall–Kier alpha value is -3.41. The number of carbonyl (C=O) groups excluding carboxylic acids is 3. The molecule has 0 atom stereocenters. The van der Waals surface area contributed by atoms with Crippen LogP contribution in [0.25, 0.3) is 6.08 Å². The molecule has 1 aliphatic rings. The molecule has 1 fully saturated rings. The van der Waals surface area contributed by atoms with Gasteiger partial charge in [0.1, 0.15) is 11.3 Å². The van der Waals surface area contributed by atoms with E-state index in [1.165, 1.54) is 13.2 Å². The van der Waals surface area contributed by atoms with Crippen LogP contribution in [0, 0.1) is 0 Å². The third kappa shape index (κ3) is 3.21. The second-order valence-electron chi connectivity index (χ2n) is 5.72. The number of imide groups is 2. The fourth-order valence-electron chi connectivity index (χ4n) is 2.71. The third-order valence-electron chi connectivity index (χ3n) is 4.14. The van der Waals surface area contributed by atoms with Gasteiger partial charge in [0.05, 0.1) is 12.8 Å². The molecular weight excluding hydrogens is 332 g/mol. The number of carbonyl (C=O) groups is 3. The number of nitrogens with one attached hydrogen (secondary N) is 1. The third-order valence-corrected chi connectivity index (χ3v) is 4.14. The first-order valence-electron chi connectivity index (χ1n) is 8.18. The van der Waals surface area contributed by atoms with E-state index in [9.17, 15) is 14.4 Å². The summed E-state index contributed by atoms with van der Waals surface area (Å²) in [5.41, 5.74) is 1.93. The summed E-state index contributed by atoms with van der Waals surface area (Å²) >= 11 is 0. The van der Waals surface area contributed by atoms with Gasteiger partial charge < -0.3 is 4.74 Å². The molecule has 2 aromatic carbocycles. The van der Waals surface area contributed by atoms with Crippen molar-refractivity contribution in [3.05, 3.63) is 65.2 Å². The van der Waals surface area contributed by atoms with Crippen LogP contribution in [-0.2, 0) is 16.0 Å². The highest BCUT2D eigenvalue weighted by molar-refractivity contribution is 6.39. The minimum Gasteiger partial charge on any atom is -0.496 e. The molecule has 6 nitrogen and oxygen atoms in total. The number of amides is 4. The van der Waals surface area contributed by atoms with Gasteiger partial charge in [0.15, 0.2) is 0 Å². The normalized spacial score (nSPS) is 16.0. The number of hydrogen-bond acceptors (Lipinski definition) is 4. The maximum Gasteiger partial charge on any atom is 0.335 e. The second kappa shape index (κ2) is 7.23. The lowest BCUT2D eigenvalue weighted by atomic mass is 10.1. The molecule has 132 valence electrons. The molecular formula is C20H18N2O4. The van der Waals surface area contributed by atoms with Gasteiger partial charge in [-0.25, -0.2) is 9.69 Å². The molecule has 0 aliphatic carbocycles. The molecule has 0 unspecified atom stereocenters. The highest BCUT2D eigenvalue weighted by Gasteiger charge is 2.36. The predicted octanol–water partition coefficient (Wildman–Crippen LogP) is 2.92. The molecule has 3 rings (SSSR count). The van der Waals surface area contributed by atoms with E-state index < -0.39 is 17.8 Å². The predicted molar refractivity (Wildman–Crippen MR) is 97.8 cm³/mol. The Morgan fingerprint density at radius 3 is 2.38 bits per heavy atom.